The van der Waals surface area contributed by atoms with Crippen molar-refractivity contribution in [1.29, 1.82) is 0 Å². The van der Waals surface area contributed by atoms with Crippen LogP contribution in [0.1, 0.15) is 13.3 Å². The molecule has 1 rings (SSSR count). The first-order chi connectivity index (χ1) is 9.31. The Bertz CT molecular complexity index is 526. The molecule has 0 aliphatic rings. The molecule has 0 bridgehead atoms. The van der Waals surface area contributed by atoms with Crippen molar-refractivity contribution in [3.05, 3.63) is 28.2 Å². The molecule has 1 unspecified atom stereocenters. The van der Waals surface area contributed by atoms with Crippen LogP contribution in [0.4, 0.5) is 19.3 Å². The minimum Gasteiger partial charge on any atom is -0.481 e. The average Bonchev–Trinajstić information content (AvgIpc) is 2.35. The van der Waals surface area contributed by atoms with Crippen molar-refractivity contribution in [1.82, 2.24) is 5.32 Å². The van der Waals surface area contributed by atoms with Crippen LogP contribution in [0.5, 0.6) is 0 Å². The highest BCUT2D eigenvalue weighted by atomic mass is 79.9. The third-order valence-electron chi connectivity index (χ3n) is 2.54. The van der Waals surface area contributed by atoms with Crippen molar-refractivity contribution in [2.75, 3.05) is 11.9 Å². The summed E-state index contributed by atoms with van der Waals surface area (Å²) in [5.74, 6) is -3.23. The van der Waals surface area contributed by atoms with Gasteiger partial charge < -0.3 is 15.7 Å². The fourth-order valence-corrected chi connectivity index (χ4v) is 1.65. The summed E-state index contributed by atoms with van der Waals surface area (Å²) in [5, 5.41) is 13.3. The molecular formula is C12H13BrF2N2O3. The van der Waals surface area contributed by atoms with Crippen LogP contribution in [0.3, 0.4) is 0 Å². The first-order valence-electron chi connectivity index (χ1n) is 5.73. The number of carboxylic acids is 1. The maximum Gasteiger partial charge on any atom is 0.319 e. The number of rotatable bonds is 5. The third-order valence-corrected chi connectivity index (χ3v) is 3.15. The van der Waals surface area contributed by atoms with E-state index >= 15 is 0 Å². The first-order valence-corrected chi connectivity index (χ1v) is 6.52. The van der Waals surface area contributed by atoms with Gasteiger partial charge in [0.15, 0.2) is 0 Å². The van der Waals surface area contributed by atoms with Crippen molar-refractivity contribution in [2.45, 2.75) is 13.3 Å². The Morgan fingerprint density at radius 3 is 2.60 bits per heavy atom. The highest BCUT2D eigenvalue weighted by Gasteiger charge is 2.13. The van der Waals surface area contributed by atoms with E-state index in [-0.39, 0.29) is 23.1 Å². The summed E-state index contributed by atoms with van der Waals surface area (Å²) in [7, 11) is 0. The lowest BCUT2D eigenvalue weighted by Gasteiger charge is -2.10. The molecule has 1 aromatic rings. The molecule has 5 nitrogen and oxygen atoms in total. The highest BCUT2D eigenvalue weighted by Crippen LogP contribution is 2.23. The molecule has 3 N–H and O–H groups in total. The molecule has 0 aromatic heterocycles. The van der Waals surface area contributed by atoms with Gasteiger partial charge >= 0.3 is 12.0 Å². The van der Waals surface area contributed by atoms with Crippen molar-refractivity contribution in [3.8, 4) is 0 Å². The lowest BCUT2D eigenvalue weighted by Crippen LogP contribution is -2.31. The van der Waals surface area contributed by atoms with Crippen LogP contribution >= 0.6 is 15.9 Å². The van der Waals surface area contributed by atoms with Crippen LogP contribution < -0.4 is 10.6 Å². The molecule has 0 saturated heterocycles. The quantitative estimate of drug-likeness (QED) is 0.714. The number of anilines is 1. The number of carbonyl (C=O) groups is 2. The number of benzene rings is 1. The minimum atomic E-state index is -0.958. The molecule has 0 heterocycles. The molecule has 2 amide bonds. The van der Waals surface area contributed by atoms with Gasteiger partial charge in [0.2, 0.25) is 0 Å². The van der Waals surface area contributed by atoms with Crippen LogP contribution in [0, 0.1) is 17.6 Å². The summed E-state index contributed by atoms with van der Waals surface area (Å²) in [5.41, 5.74) is -0.179. The van der Waals surface area contributed by atoms with E-state index in [4.69, 9.17) is 5.11 Å². The maximum absolute atomic E-state index is 13.4. The van der Waals surface area contributed by atoms with Crippen molar-refractivity contribution in [3.63, 3.8) is 0 Å². The lowest BCUT2D eigenvalue weighted by atomic mass is 10.1. The van der Waals surface area contributed by atoms with Gasteiger partial charge in [-0.3, -0.25) is 4.79 Å². The van der Waals surface area contributed by atoms with Crippen LogP contribution in [0.25, 0.3) is 0 Å². The van der Waals surface area contributed by atoms with Gasteiger partial charge in [-0.2, -0.15) is 0 Å². The topological polar surface area (TPSA) is 78.4 Å². The Morgan fingerprint density at radius 2 is 2.00 bits per heavy atom. The van der Waals surface area contributed by atoms with Gasteiger partial charge in [-0.15, -0.1) is 0 Å². The van der Waals surface area contributed by atoms with Crippen LogP contribution in [0.2, 0.25) is 0 Å². The van der Waals surface area contributed by atoms with Crippen LogP contribution in [-0.4, -0.2) is 23.7 Å². The second-order valence-corrected chi connectivity index (χ2v) is 5.01. The van der Waals surface area contributed by atoms with E-state index in [0.29, 0.717) is 6.07 Å². The van der Waals surface area contributed by atoms with E-state index in [1.807, 2.05) is 0 Å². The zero-order chi connectivity index (χ0) is 15.3. The van der Waals surface area contributed by atoms with E-state index in [9.17, 15) is 18.4 Å². The van der Waals surface area contributed by atoms with Crippen LogP contribution in [-0.2, 0) is 4.79 Å². The molecular weight excluding hydrogens is 338 g/mol. The van der Waals surface area contributed by atoms with Crippen LogP contribution in [0.15, 0.2) is 16.6 Å². The van der Waals surface area contributed by atoms with E-state index in [1.165, 1.54) is 6.92 Å². The Balaban J connectivity index is 2.51. The molecule has 0 fully saturated rings. The van der Waals surface area contributed by atoms with Gasteiger partial charge in [-0.1, -0.05) is 6.92 Å². The van der Waals surface area contributed by atoms with Crippen molar-refractivity contribution in [2.24, 2.45) is 5.92 Å². The molecule has 0 saturated carbocycles. The van der Waals surface area contributed by atoms with Crippen molar-refractivity contribution < 1.29 is 23.5 Å². The summed E-state index contributed by atoms with van der Waals surface area (Å²) >= 11 is 2.88. The summed E-state index contributed by atoms with van der Waals surface area (Å²) < 4.78 is 26.4. The van der Waals surface area contributed by atoms with Gasteiger partial charge in [0.1, 0.15) is 11.6 Å². The molecule has 0 radical (unpaired) electrons. The number of urea groups is 1. The number of halogens is 3. The number of hydrogen-bond acceptors (Lipinski definition) is 2. The standard InChI is InChI=1S/C12H13BrF2N2O3/c1-6(11(18)19)2-3-16-12(20)17-10-4-7(13)8(14)5-9(10)15/h4-6H,2-3H2,1H3,(H,18,19)(H2,16,17,20). The Labute approximate surface area is 122 Å². The summed E-state index contributed by atoms with van der Waals surface area (Å²) in [6.07, 6.45) is 0.248. The van der Waals surface area contributed by atoms with E-state index < -0.39 is 29.6 Å². The van der Waals surface area contributed by atoms with Crippen molar-refractivity contribution >= 4 is 33.6 Å². The van der Waals surface area contributed by atoms with Gasteiger partial charge in [0.05, 0.1) is 16.1 Å². The van der Waals surface area contributed by atoms with E-state index in [0.717, 1.165) is 6.07 Å². The molecule has 1 atom stereocenters. The summed E-state index contributed by atoms with van der Waals surface area (Å²) in [4.78, 5) is 22.0. The van der Waals surface area contributed by atoms with Gasteiger partial charge in [-0.25, -0.2) is 13.6 Å². The number of aliphatic carboxylic acids is 1. The number of amides is 2. The molecule has 20 heavy (non-hydrogen) atoms. The predicted molar refractivity (Wildman–Crippen MR) is 72.5 cm³/mol. The Morgan fingerprint density at radius 1 is 1.35 bits per heavy atom. The fraction of sp³-hybridized carbons (Fsp3) is 0.333. The molecule has 110 valence electrons. The second kappa shape index (κ2) is 7.18. The largest absolute Gasteiger partial charge is 0.481 e. The predicted octanol–water partition coefficient (Wildman–Crippen LogP) is 2.96. The van der Waals surface area contributed by atoms with Gasteiger partial charge in [0, 0.05) is 12.6 Å². The van der Waals surface area contributed by atoms with Gasteiger partial charge in [0.25, 0.3) is 0 Å². The number of hydrogen-bond donors (Lipinski definition) is 3. The Hall–Kier alpha value is -1.70. The van der Waals surface area contributed by atoms with E-state index in [1.54, 1.807) is 0 Å². The zero-order valence-corrected chi connectivity index (χ0v) is 12.1. The first kappa shape index (κ1) is 16.4. The SMILES string of the molecule is CC(CCNC(=O)Nc1cc(Br)c(F)cc1F)C(=O)O. The molecule has 0 spiro atoms. The van der Waals surface area contributed by atoms with E-state index in [2.05, 4.69) is 26.6 Å². The monoisotopic (exact) mass is 350 g/mol. The fourth-order valence-electron chi connectivity index (χ4n) is 1.31. The molecule has 0 aliphatic carbocycles. The molecule has 1 aromatic carbocycles. The lowest BCUT2D eigenvalue weighted by molar-refractivity contribution is -0.141. The Kier molecular flexibility index (Phi) is 5.87. The third kappa shape index (κ3) is 4.76. The average molecular weight is 351 g/mol. The molecule has 8 heteroatoms. The summed E-state index contributed by atoms with van der Waals surface area (Å²) in [6.45, 7) is 1.64. The number of carbonyl (C=O) groups excluding carboxylic acids is 1. The smallest absolute Gasteiger partial charge is 0.319 e. The summed E-state index contributed by atoms with van der Waals surface area (Å²) in [6, 6.07) is 1.05. The molecule has 0 aliphatic heterocycles. The highest BCUT2D eigenvalue weighted by molar-refractivity contribution is 9.10. The minimum absolute atomic E-state index is 0.0219. The second-order valence-electron chi connectivity index (χ2n) is 4.16. The number of nitrogens with one attached hydrogen (secondary N) is 2. The number of carboxylic acid groups (broad SMARTS) is 1. The zero-order valence-electron chi connectivity index (χ0n) is 10.5. The maximum atomic E-state index is 13.4. The normalized spacial score (nSPS) is 11.8. The van der Waals surface area contributed by atoms with Gasteiger partial charge in [-0.05, 0) is 28.4 Å².